The van der Waals surface area contributed by atoms with Crippen LogP contribution in [0.2, 0.25) is 0 Å². The third-order valence-electron chi connectivity index (χ3n) is 6.91. The highest BCUT2D eigenvalue weighted by Crippen LogP contribution is 2.55. The van der Waals surface area contributed by atoms with Crippen LogP contribution in [0.15, 0.2) is 47.1 Å². The van der Waals surface area contributed by atoms with E-state index in [1.165, 1.54) is 11.1 Å². The van der Waals surface area contributed by atoms with E-state index in [0.29, 0.717) is 18.8 Å². The zero-order valence-corrected chi connectivity index (χ0v) is 18.7. The van der Waals surface area contributed by atoms with Gasteiger partial charge in [-0.15, -0.1) is 0 Å². The van der Waals surface area contributed by atoms with Crippen molar-refractivity contribution in [2.45, 2.75) is 90.1 Å². The molecule has 0 aromatic rings. The zero-order valence-electron chi connectivity index (χ0n) is 18.7. The largest absolute Gasteiger partial charge is 0.439 e. The van der Waals surface area contributed by atoms with Crippen molar-refractivity contribution in [2.75, 3.05) is 0 Å². The van der Waals surface area contributed by atoms with E-state index < -0.39 is 17.8 Å². The monoisotopic (exact) mass is 412 g/mol. The number of rotatable bonds is 3. The molecule has 0 bridgehead atoms. The average molecular weight is 413 g/mol. The fraction of sp³-hybridized carbons (Fsp3) is 0.615. The third kappa shape index (κ3) is 4.91. The Morgan fingerprint density at radius 2 is 2.07 bits per heavy atom. The molecule has 3 rings (SSSR count). The van der Waals surface area contributed by atoms with Gasteiger partial charge >= 0.3 is 0 Å². The Hall–Kier alpha value is -1.80. The maximum atomic E-state index is 10.1. The summed E-state index contributed by atoms with van der Waals surface area (Å²) >= 11 is 0. The van der Waals surface area contributed by atoms with Gasteiger partial charge in [0.2, 0.25) is 0 Å². The predicted octanol–water partition coefficient (Wildman–Crippen LogP) is 4.18. The number of fused-ring (bicyclic) bond motifs is 1. The van der Waals surface area contributed by atoms with Crippen molar-refractivity contribution >= 4 is 0 Å². The molecule has 0 spiro atoms. The molecule has 0 aromatic carbocycles. The first-order valence-electron chi connectivity index (χ1n) is 11.1. The highest BCUT2D eigenvalue weighted by molar-refractivity contribution is 5.40. The standard InChI is InChI=1S/C26H36O4/c1-17-20(15-21(27)16-24(17)28)9-8-19-7-6-12-26(5)22(10-11-23(19)26)18(2)30-14-13-25(3,4)29/h8-10,18,21,23-24,27-29H,1,6-7,11-12,15-16H2,2-5H3/b19-8+,20-9-/t18-,21+,23?,24-,26+/m0/s1. The van der Waals surface area contributed by atoms with E-state index in [-0.39, 0.29) is 11.5 Å². The Labute approximate surface area is 181 Å². The molecule has 4 heteroatoms. The Kier molecular flexibility index (Phi) is 6.67. The number of hydrogen-bond acceptors (Lipinski definition) is 4. The van der Waals surface area contributed by atoms with Crippen LogP contribution in [0.1, 0.15) is 66.2 Å². The van der Waals surface area contributed by atoms with Crippen LogP contribution in [-0.4, -0.2) is 39.2 Å². The quantitative estimate of drug-likeness (QED) is 0.480. The van der Waals surface area contributed by atoms with Gasteiger partial charge in [0.1, 0.15) is 17.8 Å². The van der Waals surface area contributed by atoms with Gasteiger partial charge in [-0.25, -0.2) is 0 Å². The molecule has 3 aliphatic carbocycles. The minimum Gasteiger partial charge on any atom is -0.439 e. The van der Waals surface area contributed by atoms with Crippen LogP contribution in [-0.2, 0) is 4.74 Å². The molecular formula is C26H36O4. The van der Waals surface area contributed by atoms with Crippen LogP contribution in [0.25, 0.3) is 0 Å². The Balaban J connectivity index is 1.76. The smallest absolute Gasteiger partial charge is 0.129 e. The molecule has 0 radical (unpaired) electrons. The highest BCUT2D eigenvalue weighted by Gasteiger charge is 2.46. The number of ether oxygens (including phenoxy) is 1. The van der Waals surface area contributed by atoms with Crippen molar-refractivity contribution in [3.63, 3.8) is 0 Å². The van der Waals surface area contributed by atoms with E-state index in [1.54, 1.807) is 13.8 Å². The molecular weight excluding hydrogens is 376 g/mol. The summed E-state index contributed by atoms with van der Waals surface area (Å²) in [5.74, 6) is 3.15. The van der Waals surface area contributed by atoms with E-state index in [1.807, 2.05) is 6.92 Å². The summed E-state index contributed by atoms with van der Waals surface area (Å²) in [6.07, 6.45) is 13.2. The molecule has 164 valence electrons. The summed E-state index contributed by atoms with van der Waals surface area (Å²) in [6, 6.07) is 0. The number of allylic oxidation sites excluding steroid dienone is 4. The molecule has 30 heavy (non-hydrogen) atoms. The normalized spacial score (nSPS) is 35.5. The van der Waals surface area contributed by atoms with Crippen LogP contribution in [0.4, 0.5) is 0 Å². The molecule has 3 N–H and O–H groups in total. The van der Waals surface area contributed by atoms with Crippen LogP contribution in [0.3, 0.4) is 0 Å². The first-order valence-corrected chi connectivity index (χ1v) is 11.1. The van der Waals surface area contributed by atoms with Gasteiger partial charge in [0.05, 0.1) is 12.2 Å². The van der Waals surface area contributed by atoms with E-state index in [4.69, 9.17) is 4.74 Å². The van der Waals surface area contributed by atoms with Crippen molar-refractivity contribution < 1.29 is 20.1 Å². The zero-order chi connectivity index (χ0) is 22.1. The SMILES string of the molecule is C=C1/C(=C\C=C2/CCC[C@]3(C)C([C@H](C)OC#CC(C)(C)O)=CCC23)C[C@@H](O)C[C@@H]1O. The predicted molar refractivity (Wildman–Crippen MR) is 119 cm³/mol. The first-order chi connectivity index (χ1) is 14.0. The van der Waals surface area contributed by atoms with Gasteiger partial charge in [0, 0.05) is 6.42 Å². The van der Waals surface area contributed by atoms with Gasteiger partial charge in [-0.05, 0) is 86.8 Å². The molecule has 0 aliphatic heterocycles. The topological polar surface area (TPSA) is 69.9 Å². The van der Waals surface area contributed by atoms with Gasteiger partial charge in [-0.1, -0.05) is 37.3 Å². The Morgan fingerprint density at radius 3 is 2.77 bits per heavy atom. The second-order valence-corrected chi connectivity index (χ2v) is 9.83. The van der Waals surface area contributed by atoms with E-state index in [0.717, 1.165) is 36.8 Å². The Bertz CT molecular complexity index is 829. The molecule has 0 amide bonds. The van der Waals surface area contributed by atoms with Crippen molar-refractivity contribution in [1.29, 1.82) is 0 Å². The van der Waals surface area contributed by atoms with Crippen LogP contribution in [0, 0.1) is 23.4 Å². The molecule has 0 aromatic heterocycles. The van der Waals surface area contributed by atoms with Gasteiger partial charge in [-0.2, -0.15) is 0 Å². The van der Waals surface area contributed by atoms with Crippen LogP contribution in [0.5, 0.6) is 0 Å². The molecule has 2 fully saturated rings. The summed E-state index contributed by atoms with van der Waals surface area (Å²) in [4.78, 5) is 0. The minimum atomic E-state index is -1.06. The molecule has 0 heterocycles. The van der Waals surface area contributed by atoms with Gasteiger partial charge in [-0.3, -0.25) is 0 Å². The fourth-order valence-corrected chi connectivity index (χ4v) is 5.25. The molecule has 4 nitrogen and oxygen atoms in total. The van der Waals surface area contributed by atoms with Gasteiger partial charge < -0.3 is 20.1 Å². The van der Waals surface area contributed by atoms with Crippen molar-refractivity contribution in [3.8, 4) is 12.0 Å². The summed E-state index contributed by atoms with van der Waals surface area (Å²) in [7, 11) is 0. The van der Waals surface area contributed by atoms with Crippen molar-refractivity contribution in [2.24, 2.45) is 11.3 Å². The summed E-state index contributed by atoms with van der Waals surface area (Å²) in [5, 5.41) is 29.9. The van der Waals surface area contributed by atoms with Gasteiger partial charge in [0.15, 0.2) is 0 Å². The lowest BCUT2D eigenvalue weighted by molar-refractivity contribution is 0.0862. The molecule has 1 unspecified atom stereocenters. The fourth-order valence-electron chi connectivity index (χ4n) is 5.25. The lowest BCUT2D eigenvalue weighted by Gasteiger charge is -2.42. The van der Waals surface area contributed by atoms with Crippen molar-refractivity contribution in [1.82, 2.24) is 0 Å². The highest BCUT2D eigenvalue weighted by atomic mass is 16.5. The molecule has 0 saturated heterocycles. The summed E-state index contributed by atoms with van der Waals surface area (Å²) in [6.45, 7) is 11.7. The molecule has 2 saturated carbocycles. The maximum Gasteiger partial charge on any atom is 0.129 e. The maximum absolute atomic E-state index is 10.1. The van der Waals surface area contributed by atoms with Crippen LogP contribution >= 0.6 is 0 Å². The minimum absolute atomic E-state index is 0.0427. The van der Waals surface area contributed by atoms with Crippen LogP contribution < -0.4 is 0 Å². The number of aliphatic hydroxyl groups excluding tert-OH is 2. The lowest BCUT2D eigenvalue weighted by Crippen LogP contribution is -2.34. The first kappa shape index (κ1) is 22.9. The van der Waals surface area contributed by atoms with Crippen molar-refractivity contribution in [3.05, 3.63) is 47.1 Å². The number of aliphatic hydroxyl groups is 3. The Morgan fingerprint density at radius 1 is 1.33 bits per heavy atom. The van der Waals surface area contributed by atoms with Gasteiger partial charge in [0.25, 0.3) is 0 Å². The summed E-state index contributed by atoms with van der Waals surface area (Å²) in [5.41, 5.74) is 3.37. The molecule has 5 atom stereocenters. The second-order valence-electron chi connectivity index (χ2n) is 9.83. The van der Waals surface area contributed by atoms with E-state index in [9.17, 15) is 15.3 Å². The molecule has 3 aliphatic rings. The number of hydrogen-bond donors (Lipinski definition) is 3. The second kappa shape index (κ2) is 8.75. The van der Waals surface area contributed by atoms with E-state index >= 15 is 0 Å². The summed E-state index contributed by atoms with van der Waals surface area (Å²) < 4.78 is 5.76. The third-order valence-corrected chi connectivity index (χ3v) is 6.91. The average Bonchev–Trinajstić information content (AvgIpc) is 3.00. The lowest BCUT2D eigenvalue weighted by atomic mass is 9.63. The van der Waals surface area contributed by atoms with E-state index in [2.05, 4.69) is 43.8 Å².